The second-order valence-corrected chi connectivity index (χ2v) is 7.28. The maximum Gasteiger partial charge on any atom is 0.166 e. The van der Waals surface area contributed by atoms with Crippen molar-refractivity contribution in [2.24, 2.45) is 0 Å². The van der Waals surface area contributed by atoms with E-state index >= 15 is 0 Å². The lowest BCUT2D eigenvalue weighted by Gasteiger charge is -2.20. The molecule has 3 aromatic rings. The largest absolute Gasteiger partial charge is 0.397 e. The smallest absolute Gasteiger partial charge is 0.166 e. The third-order valence-electron chi connectivity index (χ3n) is 5.31. The lowest BCUT2D eigenvalue weighted by molar-refractivity contribution is -0.0511. The zero-order valence-corrected chi connectivity index (χ0v) is 16.1. The van der Waals surface area contributed by atoms with Gasteiger partial charge in [0.05, 0.1) is 18.6 Å². The Balaban J connectivity index is 1.61. The SMILES string of the molecule is CN(CCc1ccccc1)c1cc(N)c2ncn([C@@H]3O[C@H](CO)[C@@H](O)[C@H]3O)c2n1. The number of hydrogen-bond donors (Lipinski definition) is 4. The minimum Gasteiger partial charge on any atom is -0.397 e. The number of rotatable bonds is 6. The summed E-state index contributed by atoms with van der Waals surface area (Å²) in [5.74, 6) is 0.666. The third-order valence-corrected chi connectivity index (χ3v) is 5.31. The predicted molar refractivity (Wildman–Crippen MR) is 108 cm³/mol. The molecule has 0 saturated carbocycles. The Kier molecular flexibility index (Phi) is 5.37. The van der Waals surface area contributed by atoms with Gasteiger partial charge in [-0.1, -0.05) is 30.3 Å². The van der Waals surface area contributed by atoms with Crippen LogP contribution >= 0.6 is 0 Å². The molecule has 0 amide bonds. The Morgan fingerprint density at radius 3 is 2.66 bits per heavy atom. The topological polar surface area (TPSA) is 130 Å². The van der Waals surface area contributed by atoms with Crippen LogP contribution in [0.2, 0.25) is 0 Å². The number of imidazole rings is 1. The van der Waals surface area contributed by atoms with Crippen LogP contribution in [0.5, 0.6) is 0 Å². The minimum atomic E-state index is -1.22. The summed E-state index contributed by atoms with van der Waals surface area (Å²) >= 11 is 0. The van der Waals surface area contributed by atoms with Gasteiger partial charge in [-0.15, -0.1) is 0 Å². The van der Waals surface area contributed by atoms with E-state index in [0.717, 1.165) is 13.0 Å². The molecule has 1 aromatic carbocycles. The van der Waals surface area contributed by atoms with Crippen molar-refractivity contribution in [1.82, 2.24) is 14.5 Å². The summed E-state index contributed by atoms with van der Waals surface area (Å²) in [7, 11) is 1.93. The normalized spacial score (nSPS) is 24.3. The van der Waals surface area contributed by atoms with E-state index in [1.54, 1.807) is 10.6 Å². The van der Waals surface area contributed by atoms with Crippen molar-refractivity contribution < 1.29 is 20.1 Å². The molecular weight excluding hydrogens is 374 g/mol. The standard InChI is InChI=1S/C20H25N5O4/c1-24(8-7-12-5-3-2-4-6-12)15-9-13(21)16-19(23-15)25(11-22-16)20-18(28)17(27)14(10-26)29-20/h2-6,9,11,14,17-18,20,26-28H,7-8,10H2,1H3,(H2,21,23)/t14-,17-,18-,20-/m1/s1. The fraction of sp³-hybridized carbons (Fsp3) is 0.400. The Labute approximate surface area is 168 Å². The molecule has 0 radical (unpaired) electrons. The average molecular weight is 399 g/mol. The molecule has 0 spiro atoms. The molecular formula is C20H25N5O4. The summed E-state index contributed by atoms with van der Waals surface area (Å²) in [5.41, 5.74) is 8.82. The number of pyridine rings is 1. The quantitative estimate of drug-likeness (QED) is 0.466. The van der Waals surface area contributed by atoms with Gasteiger partial charge in [-0.25, -0.2) is 9.97 Å². The van der Waals surface area contributed by atoms with Gasteiger partial charge in [-0.2, -0.15) is 0 Å². The highest BCUT2D eigenvalue weighted by Crippen LogP contribution is 2.33. The van der Waals surface area contributed by atoms with E-state index < -0.39 is 31.1 Å². The molecule has 1 aliphatic rings. The Morgan fingerprint density at radius 2 is 1.97 bits per heavy atom. The van der Waals surface area contributed by atoms with Gasteiger partial charge in [-0.3, -0.25) is 4.57 Å². The van der Waals surface area contributed by atoms with Crippen LogP contribution in [0.15, 0.2) is 42.7 Å². The molecule has 0 unspecified atom stereocenters. The lowest BCUT2D eigenvalue weighted by Crippen LogP contribution is -2.33. The first-order valence-electron chi connectivity index (χ1n) is 9.50. The van der Waals surface area contributed by atoms with Crippen LogP contribution in [0.3, 0.4) is 0 Å². The number of nitrogen functional groups attached to an aromatic ring is 1. The molecule has 1 saturated heterocycles. The van der Waals surface area contributed by atoms with E-state index in [2.05, 4.69) is 22.1 Å². The van der Waals surface area contributed by atoms with E-state index in [1.165, 1.54) is 11.9 Å². The number of nitrogens with two attached hydrogens (primary N) is 1. The number of hydrogen-bond acceptors (Lipinski definition) is 8. The monoisotopic (exact) mass is 399 g/mol. The molecule has 29 heavy (non-hydrogen) atoms. The minimum absolute atomic E-state index is 0.398. The third kappa shape index (κ3) is 3.65. The van der Waals surface area contributed by atoms with Gasteiger partial charge in [0.15, 0.2) is 11.9 Å². The number of benzene rings is 1. The van der Waals surface area contributed by atoms with Gasteiger partial charge in [0.2, 0.25) is 0 Å². The number of nitrogens with zero attached hydrogens (tertiary/aromatic N) is 4. The van der Waals surface area contributed by atoms with Gasteiger partial charge < -0.3 is 30.7 Å². The van der Waals surface area contributed by atoms with Gasteiger partial charge in [-0.05, 0) is 12.0 Å². The molecule has 1 fully saturated rings. The van der Waals surface area contributed by atoms with Crippen LogP contribution in [0.1, 0.15) is 11.8 Å². The summed E-state index contributed by atoms with van der Waals surface area (Å²) in [5, 5.41) is 29.7. The van der Waals surface area contributed by atoms with Crippen LogP contribution in [-0.4, -0.2) is 68.4 Å². The zero-order chi connectivity index (χ0) is 20.5. The lowest BCUT2D eigenvalue weighted by atomic mass is 10.1. The van der Waals surface area contributed by atoms with Crippen LogP contribution < -0.4 is 10.6 Å². The number of likely N-dealkylation sites (N-methyl/N-ethyl adjacent to an activating group) is 1. The van der Waals surface area contributed by atoms with Crippen molar-refractivity contribution in [2.75, 3.05) is 30.8 Å². The Bertz CT molecular complexity index is 980. The van der Waals surface area contributed by atoms with E-state index in [1.807, 2.05) is 30.1 Å². The Morgan fingerprint density at radius 1 is 1.21 bits per heavy atom. The van der Waals surface area contributed by atoms with E-state index in [-0.39, 0.29) is 0 Å². The van der Waals surface area contributed by atoms with Crippen LogP contribution in [0, 0.1) is 0 Å². The first kappa shape index (κ1) is 19.6. The number of aliphatic hydroxyl groups is 3. The number of anilines is 2. The van der Waals surface area contributed by atoms with Crippen molar-refractivity contribution >= 4 is 22.7 Å². The molecule has 0 bridgehead atoms. The molecule has 9 nitrogen and oxygen atoms in total. The van der Waals surface area contributed by atoms with Gasteiger partial charge in [0.25, 0.3) is 0 Å². The number of aromatic nitrogens is 3. The first-order valence-corrected chi connectivity index (χ1v) is 9.50. The second kappa shape index (κ2) is 7.96. The van der Waals surface area contributed by atoms with Crippen molar-refractivity contribution in [1.29, 1.82) is 0 Å². The molecule has 3 heterocycles. The first-order chi connectivity index (χ1) is 14.0. The fourth-order valence-electron chi connectivity index (χ4n) is 3.56. The summed E-state index contributed by atoms with van der Waals surface area (Å²) in [6, 6.07) is 11.9. The van der Waals surface area contributed by atoms with E-state index in [0.29, 0.717) is 22.7 Å². The van der Waals surface area contributed by atoms with E-state index in [9.17, 15) is 15.3 Å². The highest BCUT2D eigenvalue weighted by molar-refractivity contribution is 5.86. The average Bonchev–Trinajstić information content (AvgIpc) is 3.28. The summed E-state index contributed by atoms with van der Waals surface area (Å²) in [6.07, 6.45) is -1.87. The molecule has 5 N–H and O–H groups in total. The predicted octanol–water partition coefficient (Wildman–Crippen LogP) is 0.304. The van der Waals surface area contributed by atoms with Crippen molar-refractivity contribution in [3.63, 3.8) is 0 Å². The summed E-state index contributed by atoms with van der Waals surface area (Å²) in [4.78, 5) is 11.0. The van der Waals surface area contributed by atoms with Crippen LogP contribution in [0.4, 0.5) is 11.5 Å². The highest BCUT2D eigenvalue weighted by Gasteiger charge is 2.44. The molecule has 154 valence electrons. The molecule has 4 rings (SSSR count). The van der Waals surface area contributed by atoms with Crippen molar-refractivity contribution in [3.8, 4) is 0 Å². The number of aliphatic hydroxyl groups excluding tert-OH is 3. The van der Waals surface area contributed by atoms with Crippen LogP contribution in [-0.2, 0) is 11.2 Å². The Hall–Kier alpha value is -2.72. The fourth-order valence-corrected chi connectivity index (χ4v) is 3.56. The molecule has 4 atom stereocenters. The highest BCUT2D eigenvalue weighted by atomic mass is 16.6. The van der Waals surface area contributed by atoms with Gasteiger partial charge >= 0.3 is 0 Å². The molecule has 9 heteroatoms. The molecule has 0 aliphatic carbocycles. The number of ether oxygens (including phenoxy) is 1. The maximum atomic E-state index is 10.3. The van der Waals surface area contributed by atoms with Crippen molar-refractivity contribution in [2.45, 2.75) is 31.0 Å². The maximum absolute atomic E-state index is 10.3. The van der Waals surface area contributed by atoms with Crippen molar-refractivity contribution in [3.05, 3.63) is 48.3 Å². The van der Waals surface area contributed by atoms with E-state index in [4.69, 9.17) is 10.5 Å². The molecule has 1 aliphatic heterocycles. The van der Waals surface area contributed by atoms with Crippen LogP contribution in [0.25, 0.3) is 11.2 Å². The van der Waals surface area contributed by atoms with Gasteiger partial charge in [0.1, 0.15) is 29.6 Å². The molecule has 2 aromatic heterocycles. The second-order valence-electron chi connectivity index (χ2n) is 7.28. The number of fused-ring (bicyclic) bond motifs is 1. The van der Waals surface area contributed by atoms with Gasteiger partial charge in [0, 0.05) is 19.7 Å². The zero-order valence-electron chi connectivity index (χ0n) is 16.1. The summed E-state index contributed by atoms with van der Waals surface area (Å²) < 4.78 is 7.16. The summed E-state index contributed by atoms with van der Waals surface area (Å²) in [6.45, 7) is 0.342.